The van der Waals surface area contributed by atoms with E-state index in [1.54, 1.807) is 18.3 Å². The summed E-state index contributed by atoms with van der Waals surface area (Å²) in [7, 11) is 0. The van der Waals surface area contributed by atoms with E-state index in [-0.39, 0.29) is 0 Å². The maximum absolute atomic E-state index is 10.4. The van der Waals surface area contributed by atoms with Crippen LogP contribution in [-0.2, 0) is 0 Å². The minimum atomic E-state index is -0.876. The van der Waals surface area contributed by atoms with Gasteiger partial charge in [0.1, 0.15) is 11.9 Å². The number of halogens is 2. The zero-order valence-corrected chi connectivity index (χ0v) is 12.0. The van der Waals surface area contributed by atoms with Crippen LogP contribution in [0.15, 0.2) is 34.9 Å². The lowest BCUT2D eigenvalue weighted by atomic mass is 9.98. The van der Waals surface area contributed by atoms with Crippen molar-refractivity contribution in [3.05, 3.63) is 56.6 Å². The van der Waals surface area contributed by atoms with E-state index in [4.69, 9.17) is 17.3 Å². The first-order chi connectivity index (χ1) is 8.50. The molecule has 0 fully saturated rings. The van der Waals surface area contributed by atoms with Crippen molar-refractivity contribution in [1.29, 1.82) is 0 Å². The second-order valence-corrected chi connectivity index (χ2v) is 5.32. The number of aliphatic hydroxyl groups excluding tert-OH is 1. The molecule has 0 amide bonds. The number of rotatable bonds is 2. The Bertz CT molecular complexity index is 569. The summed E-state index contributed by atoms with van der Waals surface area (Å²) in [6, 6.07) is 7.14. The molecular weight excluding hydrogens is 316 g/mol. The van der Waals surface area contributed by atoms with Crippen LogP contribution in [-0.4, -0.2) is 10.1 Å². The summed E-state index contributed by atoms with van der Waals surface area (Å²) in [4.78, 5) is 4.00. The van der Waals surface area contributed by atoms with Gasteiger partial charge in [-0.25, -0.2) is 4.98 Å². The van der Waals surface area contributed by atoms with E-state index in [1.807, 2.05) is 19.1 Å². The quantitative estimate of drug-likeness (QED) is 0.888. The summed E-state index contributed by atoms with van der Waals surface area (Å²) in [5.74, 6) is 0.321. The molecule has 5 heteroatoms. The van der Waals surface area contributed by atoms with Gasteiger partial charge in [-0.2, -0.15) is 0 Å². The van der Waals surface area contributed by atoms with Crippen molar-refractivity contribution >= 4 is 33.3 Å². The van der Waals surface area contributed by atoms with E-state index in [1.165, 1.54) is 0 Å². The first-order valence-electron chi connectivity index (χ1n) is 5.34. The summed E-state index contributed by atoms with van der Waals surface area (Å²) in [6.07, 6.45) is 0.740. The lowest BCUT2D eigenvalue weighted by molar-refractivity contribution is 0.220. The Morgan fingerprint density at radius 1 is 1.39 bits per heavy atom. The van der Waals surface area contributed by atoms with E-state index in [2.05, 4.69) is 20.9 Å². The van der Waals surface area contributed by atoms with Gasteiger partial charge in [-0.3, -0.25) is 0 Å². The van der Waals surface area contributed by atoms with Gasteiger partial charge in [-0.05, 0) is 30.7 Å². The number of anilines is 1. The molecule has 0 saturated carbocycles. The van der Waals surface area contributed by atoms with Gasteiger partial charge in [0.15, 0.2) is 0 Å². The van der Waals surface area contributed by atoms with Crippen LogP contribution < -0.4 is 5.73 Å². The van der Waals surface area contributed by atoms with Crippen LogP contribution in [0, 0.1) is 6.92 Å². The average Bonchev–Trinajstić information content (AvgIpc) is 2.28. The first-order valence-corrected chi connectivity index (χ1v) is 6.51. The van der Waals surface area contributed by atoms with Gasteiger partial charge in [0.05, 0.1) is 0 Å². The molecule has 0 bridgehead atoms. The highest BCUT2D eigenvalue weighted by atomic mass is 79.9. The lowest BCUT2D eigenvalue weighted by Crippen LogP contribution is -2.08. The van der Waals surface area contributed by atoms with Gasteiger partial charge >= 0.3 is 0 Å². The number of nitrogen functional groups attached to an aromatic ring is 1. The largest absolute Gasteiger partial charge is 0.383 e. The molecule has 0 aliphatic carbocycles. The molecule has 94 valence electrons. The minimum absolute atomic E-state index is 0.321. The predicted octanol–water partition coefficient (Wildman–Crippen LogP) is 3.47. The fourth-order valence-electron chi connectivity index (χ4n) is 1.83. The van der Waals surface area contributed by atoms with Crippen LogP contribution in [0.3, 0.4) is 0 Å². The molecule has 3 N–H and O–H groups in total. The van der Waals surface area contributed by atoms with Crippen LogP contribution in [0.4, 0.5) is 5.82 Å². The molecule has 1 heterocycles. The minimum Gasteiger partial charge on any atom is -0.383 e. The van der Waals surface area contributed by atoms with Crippen molar-refractivity contribution in [2.75, 3.05) is 5.73 Å². The van der Waals surface area contributed by atoms with Gasteiger partial charge in [0.2, 0.25) is 0 Å². The predicted molar refractivity (Wildman–Crippen MR) is 76.6 cm³/mol. The molecule has 1 aromatic heterocycles. The molecule has 18 heavy (non-hydrogen) atoms. The summed E-state index contributed by atoms with van der Waals surface area (Å²) < 4.78 is 0.860. The van der Waals surface area contributed by atoms with Crippen molar-refractivity contribution in [2.24, 2.45) is 0 Å². The van der Waals surface area contributed by atoms with Gasteiger partial charge in [-0.1, -0.05) is 33.6 Å². The third kappa shape index (κ3) is 2.51. The number of hydrogen-bond donors (Lipinski definition) is 2. The fraction of sp³-hybridized carbons (Fsp3) is 0.154. The van der Waals surface area contributed by atoms with Gasteiger partial charge < -0.3 is 10.8 Å². The number of aromatic nitrogens is 1. The molecule has 1 unspecified atom stereocenters. The smallest absolute Gasteiger partial charge is 0.129 e. The van der Waals surface area contributed by atoms with Crippen molar-refractivity contribution in [1.82, 2.24) is 4.98 Å². The van der Waals surface area contributed by atoms with E-state index in [0.717, 1.165) is 10.0 Å². The third-order valence-corrected chi connectivity index (χ3v) is 3.59. The third-order valence-electron chi connectivity index (χ3n) is 2.77. The molecule has 1 atom stereocenters. The summed E-state index contributed by atoms with van der Waals surface area (Å²) in [5, 5.41) is 10.9. The van der Waals surface area contributed by atoms with Crippen LogP contribution in [0.5, 0.6) is 0 Å². The van der Waals surface area contributed by atoms with Gasteiger partial charge in [0, 0.05) is 26.8 Å². The Balaban J connectivity index is 2.51. The number of aliphatic hydroxyl groups is 1. The van der Waals surface area contributed by atoms with E-state index < -0.39 is 6.10 Å². The topological polar surface area (TPSA) is 59.1 Å². The van der Waals surface area contributed by atoms with Crippen LogP contribution in [0.25, 0.3) is 0 Å². The van der Waals surface area contributed by atoms with E-state index in [0.29, 0.717) is 22.0 Å². The molecule has 0 saturated heterocycles. The Kier molecular flexibility index (Phi) is 3.90. The molecule has 0 aliphatic heterocycles. The average molecular weight is 328 g/mol. The zero-order chi connectivity index (χ0) is 13.3. The number of nitrogens with two attached hydrogens (primary N) is 1. The van der Waals surface area contributed by atoms with Crippen LogP contribution in [0.2, 0.25) is 5.02 Å². The Morgan fingerprint density at radius 3 is 2.72 bits per heavy atom. The Hall–Kier alpha value is -1.10. The normalized spacial score (nSPS) is 12.4. The molecule has 2 rings (SSSR count). The molecule has 1 aromatic carbocycles. The van der Waals surface area contributed by atoms with Gasteiger partial charge in [0.25, 0.3) is 0 Å². The standard InChI is InChI=1S/C13H12BrClN2O/c1-7-4-5-17-13(16)11(7)12(18)9-3-2-8(14)6-10(9)15/h2-6,12,18H,1H3,(H2,16,17). The lowest BCUT2D eigenvalue weighted by Gasteiger charge is -2.17. The summed E-state index contributed by atoms with van der Waals surface area (Å²) in [5.41, 5.74) is 7.91. The van der Waals surface area contributed by atoms with Crippen molar-refractivity contribution < 1.29 is 5.11 Å². The number of pyridine rings is 1. The Labute approximate surface area is 119 Å². The van der Waals surface area contributed by atoms with Crippen molar-refractivity contribution in [2.45, 2.75) is 13.0 Å². The van der Waals surface area contributed by atoms with Crippen molar-refractivity contribution in [3.8, 4) is 0 Å². The second-order valence-electron chi connectivity index (χ2n) is 4.00. The number of aryl methyl sites for hydroxylation is 1. The highest BCUT2D eigenvalue weighted by Gasteiger charge is 2.19. The first kappa shape index (κ1) is 13.3. The van der Waals surface area contributed by atoms with Crippen LogP contribution in [0.1, 0.15) is 22.8 Å². The maximum atomic E-state index is 10.4. The summed E-state index contributed by atoms with van der Waals surface area (Å²) >= 11 is 9.46. The number of benzene rings is 1. The molecule has 0 spiro atoms. The second kappa shape index (κ2) is 5.26. The maximum Gasteiger partial charge on any atom is 0.129 e. The highest BCUT2D eigenvalue weighted by Crippen LogP contribution is 2.33. The Morgan fingerprint density at radius 2 is 2.11 bits per heavy atom. The van der Waals surface area contributed by atoms with Gasteiger partial charge in [-0.15, -0.1) is 0 Å². The monoisotopic (exact) mass is 326 g/mol. The molecule has 3 nitrogen and oxygen atoms in total. The number of nitrogens with zero attached hydrogens (tertiary/aromatic N) is 1. The van der Waals surface area contributed by atoms with E-state index in [9.17, 15) is 5.11 Å². The van der Waals surface area contributed by atoms with Crippen LogP contribution >= 0.6 is 27.5 Å². The highest BCUT2D eigenvalue weighted by molar-refractivity contribution is 9.10. The SMILES string of the molecule is Cc1ccnc(N)c1C(O)c1ccc(Br)cc1Cl. The number of hydrogen-bond acceptors (Lipinski definition) is 3. The zero-order valence-electron chi connectivity index (χ0n) is 9.69. The fourth-order valence-corrected chi connectivity index (χ4v) is 2.60. The van der Waals surface area contributed by atoms with Crippen molar-refractivity contribution in [3.63, 3.8) is 0 Å². The molecule has 0 radical (unpaired) electrons. The summed E-state index contributed by atoms with van der Waals surface area (Å²) in [6.45, 7) is 1.88. The van der Waals surface area contributed by atoms with E-state index >= 15 is 0 Å². The molecule has 0 aliphatic rings. The molecular formula is C13H12BrClN2O. The molecule has 2 aromatic rings.